The van der Waals surface area contributed by atoms with Crippen molar-refractivity contribution in [3.8, 4) is 0 Å². The molecule has 2 bridgehead atoms. The Morgan fingerprint density at radius 1 is 1.58 bits per heavy atom. The fourth-order valence-electron chi connectivity index (χ4n) is 2.84. The van der Waals surface area contributed by atoms with Crippen LogP contribution in [-0.2, 0) is 0 Å². The van der Waals surface area contributed by atoms with E-state index in [-0.39, 0.29) is 0 Å². The van der Waals surface area contributed by atoms with Crippen LogP contribution in [0, 0.1) is 17.8 Å². The van der Waals surface area contributed by atoms with Crippen LogP contribution in [0.2, 0.25) is 0 Å². The van der Waals surface area contributed by atoms with Crippen molar-refractivity contribution in [2.45, 2.75) is 25.7 Å². The molecule has 2 aliphatic carbocycles. The van der Waals surface area contributed by atoms with E-state index in [4.69, 9.17) is 5.21 Å². The van der Waals surface area contributed by atoms with Crippen LogP contribution < -0.4 is 0 Å². The van der Waals surface area contributed by atoms with E-state index in [1.165, 1.54) is 19.3 Å². The topological polar surface area (TPSA) is 32.6 Å². The summed E-state index contributed by atoms with van der Waals surface area (Å²) in [6, 6.07) is 0. The summed E-state index contributed by atoms with van der Waals surface area (Å²) in [6.45, 7) is 3.74. The van der Waals surface area contributed by atoms with Crippen LogP contribution in [0.15, 0.2) is 17.8 Å². The fraction of sp³-hybridized carbons (Fsp3) is 0.700. The predicted octanol–water partition coefficient (Wildman–Crippen LogP) is 2.44. The van der Waals surface area contributed by atoms with Crippen molar-refractivity contribution < 1.29 is 5.21 Å². The molecule has 2 nitrogen and oxygen atoms in total. The molecule has 66 valence electrons. The Kier molecular flexibility index (Phi) is 1.91. The van der Waals surface area contributed by atoms with Gasteiger partial charge in [0, 0.05) is 11.8 Å². The Morgan fingerprint density at radius 3 is 3.08 bits per heavy atom. The maximum atomic E-state index is 8.84. The van der Waals surface area contributed by atoms with E-state index in [1.807, 2.05) is 6.08 Å². The molecule has 0 amide bonds. The van der Waals surface area contributed by atoms with E-state index < -0.39 is 0 Å². The van der Waals surface area contributed by atoms with Crippen LogP contribution in [0.5, 0.6) is 0 Å². The number of nitrogens with zero attached hydrogens (tertiary/aromatic N) is 1. The van der Waals surface area contributed by atoms with Crippen molar-refractivity contribution >= 4 is 5.71 Å². The smallest absolute Gasteiger partial charge is 0.0638 e. The van der Waals surface area contributed by atoms with Gasteiger partial charge in [-0.05, 0) is 31.6 Å². The molecule has 0 aromatic carbocycles. The number of oxime groups is 1. The zero-order valence-corrected chi connectivity index (χ0v) is 7.24. The molecule has 0 aliphatic heterocycles. The minimum absolute atomic E-state index is 0.506. The summed E-state index contributed by atoms with van der Waals surface area (Å²) in [5.74, 6) is 1.87. The van der Waals surface area contributed by atoms with E-state index in [2.05, 4.69) is 11.7 Å². The fourth-order valence-corrected chi connectivity index (χ4v) is 2.84. The largest absolute Gasteiger partial charge is 0.411 e. The average Bonchev–Trinajstić information content (AvgIpc) is 2.64. The summed E-state index contributed by atoms with van der Waals surface area (Å²) in [6.07, 6.45) is 6.73. The molecule has 3 unspecified atom stereocenters. The second-order valence-electron chi connectivity index (χ2n) is 3.93. The molecule has 1 N–H and O–H groups in total. The quantitative estimate of drug-likeness (QED) is 0.380. The molecule has 0 aromatic rings. The molecule has 0 saturated heterocycles. The molecule has 3 atom stereocenters. The lowest BCUT2D eigenvalue weighted by molar-refractivity contribution is 0.307. The highest BCUT2D eigenvalue weighted by Crippen LogP contribution is 2.47. The Labute approximate surface area is 73.0 Å². The van der Waals surface area contributed by atoms with Gasteiger partial charge in [0.1, 0.15) is 0 Å². The van der Waals surface area contributed by atoms with Gasteiger partial charge in [-0.25, -0.2) is 0 Å². The minimum Gasteiger partial charge on any atom is -0.411 e. The van der Waals surface area contributed by atoms with Crippen LogP contribution in [-0.4, -0.2) is 10.9 Å². The minimum atomic E-state index is 0.506. The number of hydrogen-bond donors (Lipinski definition) is 1. The second kappa shape index (κ2) is 2.92. The number of allylic oxidation sites excluding steroid dienone is 1. The van der Waals surface area contributed by atoms with Gasteiger partial charge in [0.2, 0.25) is 0 Å². The van der Waals surface area contributed by atoms with Crippen LogP contribution in [0.25, 0.3) is 0 Å². The molecule has 12 heavy (non-hydrogen) atoms. The van der Waals surface area contributed by atoms with E-state index >= 15 is 0 Å². The lowest BCUT2D eigenvalue weighted by Crippen LogP contribution is -2.21. The van der Waals surface area contributed by atoms with Crippen LogP contribution in [0.1, 0.15) is 25.7 Å². The molecule has 2 saturated carbocycles. The third-order valence-electron chi connectivity index (χ3n) is 3.38. The molecular formula is C10H15NO. The first-order chi connectivity index (χ1) is 5.86. The lowest BCUT2D eigenvalue weighted by Gasteiger charge is -2.20. The zero-order valence-electron chi connectivity index (χ0n) is 7.24. The second-order valence-corrected chi connectivity index (χ2v) is 3.93. The van der Waals surface area contributed by atoms with E-state index in [0.717, 1.165) is 18.1 Å². The van der Waals surface area contributed by atoms with Crippen molar-refractivity contribution in [2.24, 2.45) is 22.9 Å². The van der Waals surface area contributed by atoms with Gasteiger partial charge in [0.05, 0.1) is 5.71 Å². The Hall–Kier alpha value is -0.790. The summed E-state index contributed by atoms with van der Waals surface area (Å²) in [5, 5.41) is 12.3. The normalized spacial score (nSPS) is 42.3. The van der Waals surface area contributed by atoms with E-state index in [1.54, 1.807) is 0 Å². The van der Waals surface area contributed by atoms with E-state index in [9.17, 15) is 0 Å². The van der Waals surface area contributed by atoms with Crippen molar-refractivity contribution in [3.63, 3.8) is 0 Å². The Morgan fingerprint density at radius 2 is 2.42 bits per heavy atom. The van der Waals surface area contributed by atoms with Gasteiger partial charge in [0.25, 0.3) is 0 Å². The standard InChI is InChI=1S/C10H15NO/c1-2-3-9-7-4-5-8(6-7)10(9)11-12/h2,7-9,12H,1,3-6H2/b11-10-. The van der Waals surface area contributed by atoms with Gasteiger partial charge in [-0.1, -0.05) is 11.2 Å². The molecule has 2 aliphatic rings. The summed E-state index contributed by atoms with van der Waals surface area (Å²) in [4.78, 5) is 0. The predicted molar refractivity (Wildman–Crippen MR) is 48.4 cm³/mol. The van der Waals surface area contributed by atoms with Crippen LogP contribution in [0.3, 0.4) is 0 Å². The number of rotatable bonds is 2. The maximum absolute atomic E-state index is 8.84. The highest BCUT2D eigenvalue weighted by Gasteiger charge is 2.44. The van der Waals surface area contributed by atoms with Gasteiger partial charge in [0.15, 0.2) is 0 Å². The summed E-state index contributed by atoms with van der Waals surface area (Å²) in [5.41, 5.74) is 1.05. The summed E-state index contributed by atoms with van der Waals surface area (Å²) >= 11 is 0. The third kappa shape index (κ3) is 0.977. The number of hydrogen-bond acceptors (Lipinski definition) is 2. The van der Waals surface area contributed by atoms with Gasteiger partial charge in [-0.3, -0.25) is 0 Å². The molecule has 0 spiro atoms. The molecule has 0 aromatic heterocycles. The maximum Gasteiger partial charge on any atom is 0.0638 e. The first-order valence-electron chi connectivity index (χ1n) is 4.69. The lowest BCUT2D eigenvalue weighted by atomic mass is 9.85. The first kappa shape index (κ1) is 7.84. The van der Waals surface area contributed by atoms with Crippen molar-refractivity contribution in [3.05, 3.63) is 12.7 Å². The van der Waals surface area contributed by atoms with Gasteiger partial charge >= 0.3 is 0 Å². The monoisotopic (exact) mass is 165 g/mol. The first-order valence-corrected chi connectivity index (χ1v) is 4.69. The SMILES string of the molecule is C=CCC1/C(=N\O)C2CCC1C2. The zero-order chi connectivity index (χ0) is 8.55. The molecule has 0 heterocycles. The van der Waals surface area contributed by atoms with Gasteiger partial charge in [-0.15, -0.1) is 6.58 Å². The van der Waals surface area contributed by atoms with Crippen LogP contribution in [0.4, 0.5) is 0 Å². The molecular weight excluding hydrogens is 150 g/mol. The summed E-state index contributed by atoms with van der Waals surface area (Å²) < 4.78 is 0. The molecule has 2 heteroatoms. The summed E-state index contributed by atoms with van der Waals surface area (Å²) in [7, 11) is 0. The van der Waals surface area contributed by atoms with Gasteiger partial charge < -0.3 is 5.21 Å². The van der Waals surface area contributed by atoms with Crippen molar-refractivity contribution in [2.75, 3.05) is 0 Å². The average molecular weight is 165 g/mol. The highest BCUT2D eigenvalue weighted by atomic mass is 16.4. The van der Waals surface area contributed by atoms with Crippen molar-refractivity contribution in [1.82, 2.24) is 0 Å². The Bertz CT molecular complexity index is 222. The van der Waals surface area contributed by atoms with E-state index in [0.29, 0.717) is 11.8 Å². The van der Waals surface area contributed by atoms with Gasteiger partial charge in [-0.2, -0.15) is 0 Å². The molecule has 2 fully saturated rings. The number of fused-ring (bicyclic) bond motifs is 2. The highest BCUT2D eigenvalue weighted by molar-refractivity contribution is 5.91. The third-order valence-corrected chi connectivity index (χ3v) is 3.38. The molecule has 2 rings (SSSR count). The van der Waals surface area contributed by atoms with Crippen LogP contribution >= 0.6 is 0 Å². The Balaban J connectivity index is 2.16. The molecule has 0 radical (unpaired) electrons. The van der Waals surface area contributed by atoms with Crippen molar-refractivity contribution in [1.29, 1.82) is 0 Å².